The number of halogens is 1. The number of nitrogen functional groups attached to an aromatic ring is 2. The molecule has 0 aromatic carbocycles. The Morgan fingerprint density at radius 2 is 2.05 bits per heavy atom. The van der Waals surface area contributed by atoms with Crippen LogP contribution in [-0.2, 0) is 32.2 Å². The summed E-state index contributed by atoms with van der Waals surface area (Å²) < 4.78 is 70.1. The molecule has 2 fully saturated rings. The number of ether oxygens (including phenoxy) is 2. The molecular formula is C19H24FN11O9P2S2. The lowest BCUT2D eigenvalue weighted by atomic mass is 10.1. The van der Waals surface area contributed by atoms with Crippen LogP contribution in [0.15, 0.2) is 17.3 Å². The number of nitrogens with two attached hydrogens (primary N) is 2. The molecule has 9 atom stereocenters. The number of aliphatic hydroxyl groups is 1. The van der Waals surface area contributed by atoms with Gasteiger partial charge in [0.25, 0.3) is 5.56 Å². The van der Waals surface area contributed by atoms with Crippen LogP contribution in [0.3, 0.4) is 0 Å². The van der Waals surface area contributed by atoms with Gasteiger partial charge in [-0.2, -0.15) is 19.3 Å². The number of nitrogens with one attached hydrogen (secondary N) is 1. The Kier molecular flexibility index (Phi) is 8.69. The third-order valence-electron chi connectivity index (χ3n) is 6.82. The van der Waals surface area contributed by atoms with E-state index in [1.165, 1.54) is 17.0 Å². The van der Waals surface area contributed by atoms with Gasteiger partial charge in [0.05, 0.1) is 31.6 Å². The van der Waals surface area contributed by atoms with Gasteiger partial charge in [0.1, 0.15) is 24.6 Å². The van der Waals surface area contributed by atoms with E-state index in [9.17, 15) is 19.0 Å². The van der Waals surface area contributed by atoms with E-state index < -0.39 is 75.7 Å². The van der Waals surface area contributed by atoms with Crippen LogP contribution in [0.25, 0.3) is 16.8 Å². The van der Waals surface area contributed by atoms with Gasteiger partial charge in [-0.3, -0.25) is 23.4 Å². The van der Waals surface area contributed by atoms with E-state index in [-0.39, 0.29) is 29.5 Å². The number of aliphatic hydroxyl groups excluding tert-OH is 1. The van der Waals surface area contributed by atoms with Gasteiger partial charge in [-0.05, 0) is 0 Å². The number of aromatic amines is 1. The van der Waals surface area contributed by atoms with Crippen molar-refractivity contribution in [2.45, 2.75) is 49.3 Å². The summed E-state index contributed by atoms with van der Waals surface area (Å²) in [5, 5.41) is 22.3. The SMILES string of the molecule is Nc1nc2c(nnn2[C@@H]2O[C@H](CO[PH](=O)S)[C@H](F)[C@H]2OP(=O)(S)OC[C@H]2O[C@@H](c3cnn4c(N)ncnc34)C[C@@H]2O)c(=O)[nH]1. The first-order valence-corrected chi connectivity index (χ1v) is 17.9. The Bertz CT molecular complexity index is 1830. The third kappa shape index (κ3) is 6.08. The summed E-state index contributed by atoms with van der Waals surface area (Å²) in [5.74, 6) is -0.185. The quantitative estimate of drug-likeness (QED) is 0.0942. The number of fused-ring (bicyclic) bond motifs is 2. The van der Waals surface area contributed by atoms with Gasteiger partial charge in [0.2, 0.25) is 19.1 Å². The summed E-state index contributed by atoms with van der Waals surface area (Å²) in [7, 11) is -2.77. The highest BCUT2D eigenvalue weighted by molar-refractivity contribution is 8.44. The van der Waals surface area contributed by atoms with E-state index in [0.29, 0.717) is 11.2 Å². The number of anilines is 2. The summed E-state index contributed by atoms with van der Waals surface area (Å²) in [6.07, 6.45) is -6.65. The molecule has 2 aliphatic heterocycles. The fourth-order valence-electron chi connectivity index (χ4n) is 4.83. The molecule has 4 aromatic rings. The molecular weight excluding hydrogens is 671 g/mol. The summed E-state index contributed by atoms with van der Waals surface area (Å²) in [5.41, 5.74) is 11.2. The predicted molar refractivity (Wildman–Crippen MR) is 154 cm³/mol. The molecule has 0 amide bonds. The highest BCUT2D eigenvalue weighted by Crippen LogP contribution is 2.57. The van der Waals surface area contributed by atoms with Crippen LogP contribution in [0, 0.1) is 0 Å². The van der Waals surface area contributed by atoms with Crippen LogP contribution in [0.1, 0.15) is 24.3 Å². The molecule has 0 saturated carbocycles. The molecule has 0 radical (unpaired) electrons. The van der Waals surface area contributed by atoms with Crippen LogP contribution >= 0.6 is 38.5 Å². The molecule has 2 aliphatic rings. The second-order valence-corrected chi connectivity index (χ2v) is 14.4. The normalized spacial score (nSPS) is 29.4. The van der Waals surface area contributed by atoms with Crippen molar-refractivity contribution in [3.63, 3.8) is 0 Å². The summed E-state index contributed by atoms with van der Waals surface area (Å²) in [6, 6.07) is 0. The van der Waals surface area contributed by atoms with Crippen molar-refractivity contribution in [1.82, 2.24) is 44.5 Å². The topological polar surface area (TPSA) is 272 Å². The predicted octanol–water partition coefficient (Wildman–Crippen LogP) is 0.0191. The largest absolute Gasteiger partial charge is 0.390 e. The zero-order valence-electron chi connectivity index (χ0n) is 22.0. The monoisotopic (exact) mass is 695 g/mol. The standard InChI is InChI=1S/C19H24FN11O9P2S2/c20-11-10(3-36-41(34)43)39-17(30-15-12(28-29-30)16(33)27-18(21)26-15)13(11)40-42(35,44)37-4-9-7(32)1-8(38-9)6-2-25-31-14(6)23-5-24-19(31)22/h2,5,7-11,13,17,32,41H,1,3-4H2,(H,34,43)(H,35,44)(H2,22,23,24)(H3,21,26,27,33)/t7-,8+,9+,10+,11-,13+,17+,42?/m0/s1. The van der Waals surface area contributed by atoms with Crippen LogP contribution in [-0.4, -0.2) is 93.5 Å². The van der Waals surface area contributed by atoms with E-state index in [0.717, 1.165) is 4.68 Å². The lowest BCUT2D eigenvalue weighted by molar-refractivity contribution is -0.0515. The number of hydrogen-bond donors (Lipinski definition) is 6. The maximum absolute atomic E-state index is 15.7. The van der Waals surface area contributed by atoms with Gasteiger partial charge < -0.3 is 30.6 Å². The molecule has 0 spiro atoms. The van der Waals surface area contributed by atoms with Crippen molar-refractivity contribution >= 4 is 67.2 Å². The molecule has 4 aromatic heterocycles. The zero-order chi connectivity index (χ0) is 31.3. The average molecular weight is 696 g/mol. The minimum Gasteiger partial charge on any atom is -0.390 e. The number of aromatic nitrogens is 9. The van der Waals surface area contributed by atoms with Crippen LogP contribution in [0.2, 0.25) is 0 Å². The van der Waals surface area contributed by atoms with E-state index in [1.54, 1.807) is 0 Å². The van der Waals surface area contributed by atoms with Crippen LogP contribution < -0.4 is 17.0 Å². The van der Waals surface area contributed by atoms with Crippen LogP contribution in [0.4, 0.5) is 16.3 Å². The molecule has 20 nitrogen and oxygen atoms in total. The van der Waals surface area contributed by atoms with Gasteiger partial charge >= 0.3 is 6.80 Å². The number of rotatable bonds is 10. The Morgan fingerprint density at radius 1 is 1.25 bits per heavy atom. The van der Waals surface area contributed by atoms with Crippen molar-refractivity contribution < 1.29 is 41.7 Å². The first-order valence-electron chi connectivity index (χ1n) is 12.6. The molecule has 2 saturated heterocycles. The molecule has 0 aliphatic carbocycles. The second kappa shape index (κ2) is 12.2. The van der Waals surface area contributed by atoms with Gasteiger partial charge in [0.15, 0.2) is 29.2 Å². The minimum atomic E-state index is -4.42. The third-order valence-corrected chi connectivity index (χ3v) is 9.23. The highest BCUT2D eigenvalue weighted by atomic mass is 32.7. The van der Waals surface area contributed by atoms with Crippen molar-refractivity contribution in [3.8, 4) is 0 Å². The highest BCUT2D eigenvalue weighted by Gasteiger charge is 2.51. The Balaban J connectivity index is 1.18. The van der Waals surface area contributed by atoms with Crippen molar-refractivity contribution in [2.24, 2.45) is 0 Å². The van der Waals surface area contributed by atoms with E-state index in [4.69, 9.17) is 34.5 Å². The Morgan fingerprint density at radius 3 is 2.82 bits per heavy atom. The maximum atomic E-state index is 15.7. The average Bonchev–Trinajstić information content (AvgIpc) is 3.72. The number of nitrogens with zero attached hydrogens (tertiary/aromatic N) is 8. The Labute approximate surface area is 255 Å². The molecule has 0 bridgehead atoms. The maximum Gasteiger partial charge on any atom is 0.386 e. The van der Waals surface area contributed by atoms with Gasteiger partial charge in [0, 0.05) is 12.0 Å². The molecule has 25 heteroatoms. The van der Waals surface area contributed by atoms with Crippen molar-refractivity contribution in [3.05, 3.63) is 28.4 Å². The molecule has 6 N–H and O–H groups in total. The first kappa shape index (κ1) is 31.3. The number of H-pyrrole nitrogens is 1. The summed E-state index contributed by atoms with van der Waals surface area (Å²) in [6.45, 7) is -5.42. The fraction of sp³-hybridized carbons (Fsp3) is 0.526. The summed E-state index contributed by atoms with van der Waals surface area (Å²) >= 11 is 7.66. The fourth-order valence-corrected chi connectivity index (χ4v) is 6.81. The van der Waals surface area contributed by atoms with E-state index >= 15 is 4.39 Å². The zero-order valence-corrected chi connectivity index (χ0v) is 25.7. The molecule has 2 unspecified atom stereocenters. The number of hydrogen-bond acceptors (Lipinski definition) is 17. The Hall–Kier alpha value is -2.72. The number of alkyl halides is 1. The van der Waals surface area contributed by atoms with Crippen molar-refractivity contribution in [2.75, 3.05) is 24.7 Å². The second-order valence-electron chi connectivity index (χ2n) is 9.61. The smallest absolute Gasteiger partial charge is 0.386 e. The molecule has 6 heterocycles. The molecule has 238 valence electrons. The van der Waals surface area contributed by atoms with Crippen molar-refractivity contribution in [1.29, 1.82) is 0 Å². The summed E-state index contributed by atoms with van der Waals surface area (Å²) in [4.78, 5) is 26.5. The lowest BCUT2D eigenvalue weighted by Crippen LogP contribution is -2.32. The van der Waals surface area contributed by atoms with Gasteiger partial charge in [-0.25, -0.2) is 18.9 Å². The van der Waals surface area contributed by atoms with Gasteiger partial charge in [-0.1, -0.05) is 29.7 Å². The molecule has 44 heavy (non-hydrogen) atoms. The molecule has 6 rings (SSSR count). The lowest BCUT2D eigenvalue weighted by Gasteiger charge is -2.24. The minimum absolute atomic E-state index is 0.104. The van der Waals surface area contributed by atoms with Crippen LogP contribution in [0.5, 0.6) is 0 Å². The first-order chi connectivity index (χ1) is 20.9. The number of thiol groups is 2. The van der Waals surface area contributed by atoms with E-state index in [2.05, 4.69) is 59.8 Å². The van der Waals surface area contributed by atoms with E-state index in [1.807, 2.05) is 0 Å². The van der Waals surface area contributed by atoms with Gasteiger partial charge in [-0.15, -0.1) is 5.10 Å².